The molecule has 0 aromatic carbocycles. The predicted molar refractivity (Wildman–Crippen MR) is 22.5 cm³/mol. The van der Waals surface area contributed by atoms with Crippen molar-refractivity contribution in [3.8, 4) is 0 Å². The summed E-state index contributed by atoms with van der Waals surface area (Å²) >= 11 is 0. The number of carboxylic acid groups (broad SMARTS) is 2. The minimum Gasteiger partial charge on any atom is -0.473 e. The van der Waals surface area contributed by atoms with Gasteiger partial charge in [-0.15, -0.1) is 0 Å². The van der Waals surface area contributed by atoms with Crippen LogP contribution >= 0.6 is 0 Å². The third-order valence-corrected chi connectivity index (χ3v) is 0.183. The van der Waals surface area contributed by atoms with E-state index in [0.717, 1.165) is 0 Å². The van der Waals surface area contributed by atoms with Crippen LogP contribution in [0.25, 0.3) is 0 Å². The zero-order valence-electron chi connectivity index (χ0n) is 4.01. The number of carboxylic acids is 2. The molecule has 0 atom stereocenters. The molecule has 0 bridgehead atoms. The van der Waals surface area contributed by atoms with E-state index >= 15 is 0 Å². The summed E-state index contributed by atoms with van der Waals surface area (Å²) in [7, 11) is 0. The largest absolute Gasteiger partial charge is 0.473 e. The number of aliphatic carboxylic acids is 2. The Balaban J connectivity index is -0.0000000417. The first-order valence-electron chi connectivity index (χ1n) is 1.11. The molecule has 9 heavy (non-hydrogen) atoms. The van der Waals surface area contributed by atoms with Crippen LogP contribution in [0.15, 0.2) is 0 Å². The number of rotatable bonds is 0. The van der Waals surface area contributed by atoms with E-state index in [2.05, 4.69) is 0 Å². The van der Waals surface area contributed by atoms with Crippen molar-refractivity contribution in [2.24, 2.45) is 0 Å². The maximum Gasteiger partial charge on any atom is 0.414 e. The average Bonchev–Trinajstić information content (AvgIpc) is 1.36. The molecule has 0 spiro atoms. The first kappa shape index (κ1) is 23.8. The van der Waals surface area contributed by atoms with Gasteiger partial charge in [-0.2, -0.15) is 0 Å². The third-order valence-electron chi connectivity index (χ3n) is 0.183. The Kier molecular flexibility index (Phi) is 27.4. The zero-order chi connectivity index (χ0) is 5.15. The van der Waals surface area contributed by atoms with Crippen molar-refractivity contribution in [2.45, 2.75) is 0 Å². The molecule has 6 N–H and O–H groups in total. The summed E-state index contributed by atoms with van der Waals surface area (Å²) in [4.78, 5) is 18.2. The molecule has 6 nitrogen and oxygen atoms in total. The number of hydrogen-bond donors (Lipinski definition) is 2. The van der Waals surface area contributed by atoms with Gasteiger partial charge in [0.15, 0.2) is 0 Å². The normalized spacial score (nSPS) is 4.89. The Labute approximate surface area is 60.6 Å². The second-order valence-corrected chi connectivity index (χ2v) is 0.610. The molecule has 61 valence electrons. The quantitative estimate of drug-likeness (QED) is 0.321. The molecule has 0 aliphatic rings. The van der Waals surface area contributed by atoms with Crippen molar-refractivity contribution in [1.29, 1.82) is 0 Å². The van der Waals surface area contributed by atoms with Gasteiger partial charge >= 0.3 is 11.9 Å². The van der Waals surface area contributed by atoms with Crippen molar-refractivity contribution < 1.29 is 47.8 Å². The van der Waals surface area contributed by atoms with Gasteiger partial charge in [-0.1, -0.05) is 0 Å². The molecular formula is C2H6CuO6. The molecule has 0 saturated heterocycles. The van der Waals surface area contributed by atoms with Crippen LogP contribution in [0.3, 0.4) is 0 Å². The summed E-state index contributed by atoms with van der Waals surface area (Å²) in [5, 5.41) is 14.8. The summed E-state index contributed by atoms with van der Waals surface area (Å²) < 4.78 is 0. The topological polar surface area (TPSA) is 138 Å². The second-order valence-electron chi connectivity index (χ2n) is 0.610. The minimum atomic E-state index is -1.82. The maximum atomic E-state index is 9.10. The van der Waals surface area contributed by atoms with E-state index in [0.29, 0.717) is 0 Å². The van der Waals surface area contributed by atoms with Crippen LogP contribution in [0.4, 0.5) is 0 Å². The molecule has 0 fully saturated rings. The van der Waals surface area contributed by atoms with Gasteiger partial charge < -0.3 is 21.2 Å². The Morgan fingerprint density at radius 3 is 1.00 bits per heavy atom. The van der Waals surface area contributed by atoms with Gasteiger partial charge in [-0.05, 0) is 0 Å². The Hall–Kier alpha value is -0.621. The number of carbonyl (C=O) groups is 2. The van der Waals surface area contributed by atoms with Crippen molar-refractivity contribution in [3.05, 3.63) is 0 Å². The molecule has 0 rings (SSSR count). The Bertz CT molecular complexity index is 77.1. The van der Waals surface area contributed by atoms with Gasteiger partial charge in [0.25, 0.3) is 0 Å². The first-order chi connectivity index (χ1) is 2.64. The van der Waals surface area contributed by atoms with Crippen LogP contribution in [-0.2, 0) is 26.7 Å². The van der Waals surface area contributed by atoms with Crippen molar-refractivity contribution in [1.82, 2.24) is 0 Å². The van der Waals surface area contributed by atoms with Gasteiger partial charge in [0, 0.05) is 17.1 Å². The van der Waals surface area contributed by atoms with Gasteiger partial charge in [0.1, 0.15) is 0 Å². The molecule has 0 aliphatic heterocycles. The van der Waals surface area contributed by atoms with Crippen molar-refractivity contribution >= 4 is 11.9 Å². The molecule has 1 radical (unpaired) electrons. The molecule has 0 saturated carbocycles. The smallest absolute Gasteiger partial charge is 0.414 e. The van der Waals surface area contributed by atoms with Crippen LogP contribution in [0, 0.1) is 0 Å². The molecule has 0 unspecified atom stereocenters. The SMILES string of the molecule is O.O.O=C(O)C(=O)O.[Cu]. The van der Waals surface area contributed by atoms with E-state index in [1.165, 1.54) is 0 Å². The van der Waals surface area contributed by atoms with Gasteiger partial charge in [-0.3, -0.25) is 0 Å². The molecule has 0 heterocycles. The summed E-state index contributed by atoms with van der Waals surface area (Å²) in [5.74, 6) is -3.65. The van der Waals surface area contributed by atoms with E-state index < -0.39 is 11.9 Å². The fourth-order valence-corrected chi connectivity index (χ4v) is 0. The summed E-state index contributed by atoms with van der Waals surface area (Å²) in [6, 6.07) is 0. The van der Waals surface area contributed by atoms with Gasteiger partial charge in [0.05, 0.1) is 0 Å². The van der Waals surface area contributed by atoms with E-state index in [1.54, 1.807) is 0 Å². The summed E-state index contributed by atoms with van der Waals surface area (Å²) in [6.07, 6.45) is 0. The van der Waals surface area contributed by atoms with Gasteiger partial charge in [0.2, 0.25) is 0 Å². The van der Waals surface area contributed by atoms with E-state index in [-0.39, 0.29) is 28.0 Å². The average molecular weight is 190 g/mol. The molecular weight excluding hydrogens is 184 g/mol. The zero-order valence-corrected chi connectivity index (χ0v) is 4.95. The fourth-order valence-electron chi connectivity index (χ4n) is 0. The fraction of sp³-hybridized carbons (Fsp3) is 0. The monoisotopic (exact) mass is 189 g/mol. The molecule has 0 aliphatic carbocycles. The van der Waals surface area contributed by atoms with Crippen LogP contribution in [0.1, 0.15) is 0 Å². The van der Waals surface area contributed by atoms with E-state index in [4.69, 9.17) is 19.8 Å². The van der Waals surface area contributed by atoms with E-state index in [9.17, 15) is 0 Å². The van der Waals surface area contributed by atoms with Gasteiger partial charge in [-0.25, -0.2) is 9.59 Å². The Morgan fingerprint density at radius 2 is 1.00 bits per heavy atom. The second kappa shape index (κ2) is 10.4. The number of hydrogen-bond acceptors (Lipinski definition) is 2. The standard InChI is InChI=1S/C2H2O4.Cu.2H2O/c3-1(4)2(5)6;;;/h(H,3,4)(H,5,6);;2*1H2. The Morgan fingerprint density at radius 1 is 0.889 bits per heavy atom. The van der Waals surface area contributed by atoms with Crippen LogP contribution in [0.5, 0.6) is 0 Å². The summed E-state index contributed by atoms with van der Waals surface area (Å²) in [6.45, 7) is 0. The predicted octanol–water partition coefficient (Wildman–Crippen LogP) is -2.50. The first-order valence-corrected chi connectivity index (χ1v) is 1.11. The van der Waals surface area contributed by atoms with Crippen LogP contribution in [0.2, 0.25) is 0 Å². The minimum absolute atomic E-state index is 0. The molecule has 0 aromatic heterocycles. The summed E-state index contributed by atoms with van der Waals surface area (Å²) in [5.41, 5.74) is 0. The van der Waals surface area contributed by atoms with Crippen molar-refractivity contribution in [3.63, 3.8) is 0 Å². The van der Waals surface area contributed by atoms with E-state index in [1.807, 2.05) is 0 Å². The third kappa shape index (κ3) is 18.7. The molecule has 0 amide bonds. The van der Waals surface area contributed by atoms with Crippen LogP contribution < -0.4 is 0 Å². The maximum absolute atomic E-state index is 9.10. The van der Waals surface area contributed by atoms with Crippen molar-refractivity contribution in [2.75, 3.05) is 0 Å². The van der Waals surface area contributed by atoms with Crippen LogP contribution in [-0.4, -0.2) is 33.1 Å². The molecule has 0 aromatic rings. The molecule has 7 heteroatoms.